The van der Waals surface area contributed by atoms with Crippen LogP contribution in [0.1, 0.15) is 23.6 Å². The Kier molecular flexibility index (Phi) is 6.47. The van der Waals surface area contributed by atoms with Crippen LogP contribution in [0.15, 0.2) is 52.4 Å². The van der Waals surface area contributed by atoms with E-state index in [0.717, 1.165) is 36.6 Å². The maximum absolute atomic E-state index is 11.8. The van der Waals surface area contributed by atoms with Crippen molar-refractivity contribution >= 4 is 21.5 Å². The number of nitrogens with zero attached hydrogens (tertiary/aromatic N) is 2. The van der Waals surface area contributed by atoms with Crippen LogP contribution in [0.5, 0.6) is 0 Å². The van der Waals surface area contributed by atoms with Crippen molar-refractivity contribution in [2.75, 3.05) is 31.3 Å². The van der Waals surface area contributed by atoms with Gasteiger partial charge in [-0.1, -0.05) is 30.3 Å². The van der Waals surface area contributed by atoms with Gasteiger partial charge in [-0.2, -0.15) is 0 Å². The van der Waals surface area contributed by atoms with Gasteiger partial charge in [0.15, 0.2) is 15.8 Å². The topological polar surface area (TPSA) is 73.8 Å². The molecule has 1 atom stereocenters. The number of guanidine groups is 1. The first-order chi connectivity index (χ1) is 13.8. The molecule has 29 heavy (non-hydrogen) atoms. The molecule has 2 aromatic rings. The van der Waals surface area contributed by atoms with Crippen molar-refractivity contribution in [3.63, 3.8) is 0 Å². The van der Waals surface area contributed by atoms with Crippen LogP contribution in [0.25, 0.3) is 0 Å². The van der Waals surface area contributed by atoms with E-state index in [9.17, 15) is 8.42 Å². The number of para-hydroxylation sites is 1. The number of sulfone groups is 1. The summed E-state index contributed by atoms with van der Waals surface area (Å²) in [6.07, 6.45) is 2.33. The number of benzene rings is 2. The monoisotopic (exact) mass is 414 g/mol. The van der Waals surface area contributed by atoms with E-state index in [-0.39, 0.29) is 0 Å². The molecule has 0 aliphatic carbocycles. The van der Waals surface area contributed by atoms with Gasteiger partial charge in [0.1, 0.15) is 0 Å². The third-order valence-corrected chi connectivity index (χ3v) is 6.60. The number of hydrogen-bond acceptors (Lipinski definition) is 4. The Bertz CT molecular complexity index is 1000. The Hall–Kier alpha value is -2.54. The summed E-state index contributed by atoms with van der Waals surface area (Å²) in [4.78, 5) is 7.12. The molecule has 7 heteroatoms. The molecule has 0 radical (unpaired) electrons. The lowest BCUT2D eigenvalue weighted by atomic mass is 10.1. The standard InChI is InChI=1S/C22H30N4O2S/c1-16-13-18(9-10-21(16)29(4,27)28)15-25-22(23-3)24-14-17(2)26-12-11-19-7-5-6-8-20(19)26/h5-10,13,17H,11-12,14-15H2,1-4H3,(H2,23,24,25). The van der Waals surface area contributed by atoms with Crippen molar-refractivity contribution in [1.82, 2.24) is 10.6 Å². The van der Waals surface area contributed by atoms with Gasteiger partial charge in [-0.25, -0.2) is 8.42 Å². The number of aliphatic imine (C=N–C) groups is 1. The highest BCUT2D eigenvalue weighted by molar-refractivity contribution is 7.90. The summed E-state index contributed by atoms with van der Waals surface area (Å²) in [7, 11) is -1.44. The average molecular weight is 415 g/mol. The van der Waals surface area contributed by atoms with Crippen molar-refractivity contribution in [1.29, 1.82) is 0 Å². The van der Waals surface area contributed by atoms with Crippen LogP contribution in [-0.2, 0) is 22.8 Å². The number of hydrogen-bond donors (Lipinski definition) is 2. The zero-order valence-electron chi connectivity index (χ0n) is 17.6. The zero-order valence-corrected chi connectivity index (χ0v) is 18.4. The fourth-order valence-electron chi connectivity index (χ4n) is 3.82. The quantitative estimate of drug-likeness (QED) is 0.561. The zero-order chi connectivity index (χ0) is 21.0. The van der Waals surface area contributed by atoms with Gasteiger partial charge in [0.05, 0.1) is 4.90 Å². The highest BCUT2D eigenvalue weighted by Crippen LogP contribution is 2.28. The molecule has 2 N–H and O–H groups in total. The summed E-state index contributed by atoms with van der Waals surface area (Å²) < 4.78 is 23.5. The first kappa shape index (κ1) is 21.2. The van der Waals surface area contributed by atoms with Gasteiger partial charge in [-0.3, -0.25) is 4.99 Å². The third-order valence-electron chi connectivity index (χ3n) is 5.34. The van der Waals surface area contributed by atoms with Crippen LogP contribution in [-0.4, -0.2) is 46.8 Å². The van der Waals surface area contributed by atoms with E-state index in [0.29, 0.717) is 17.5 Å². The molecule has 3 rings (SSSR count). The summed E-state index contributed by atoms with van der Waals surface area (Å²) in [6, 6.07) is 14.3. The summed E-state index contributed by atoms with van der Waals surface area (Å²) in [6.45, 7) is 6.43. The van der Waals surface area contributed by atoms with E-state index < -0.39 is 9.84 Å². The molecule has 1 unspecified atom stereocenters. The summed E-state index contributed by atoms with van der Waals surface area (Å²) >= 11 is 0. The van der Waals surface area contributed by atoms with E-state index in [2.05, 4.69) is 51.7 Å². The van der Waals surface area contributed by atoms with Gasteiger partial charge in [-0.15, -0.1) is 0 Å². The maximum atomic E-state index is 11.8. The third kappa shape index (κ3) is 5.09. The lowest BCUT2D eigenvalue weighted by Gasteiger charge is -2.28. The minimum atomic E-state index is -3.19. The Labute approximate surface area is 174 Å². The lowest BCUT2D eigenvalue weighted by molar-refractivity contribution is 0.601. The van der Waals surface area contributed by atoms with E-state index in [1.807, 2.05) is 19.1 Å². The van der Waals surface area contributed by atoms with Crippen molar-refractivity contribution in [2.45, 2.75) is 37.8 Å². The predicted octanol–water partition coefficient (Wildman–Crippen LogP) is 2.51. The van der Waals surface area contributed by atoms with Crippen LogP contribution in [0, 0.1) is 6.92 Å². The van der Waals surface area contributed by atoms with Gasteiger partial charge in [0.25, 0.3) is 0 Å². The molecule has 1 heterocycles. The van der Waals surface area contributed by atoms with Gasteiger partial charge in [0.2, 0.25) is 0 Å². The first-order valence-corrected chi connectivity index (χ1v) is 11.8. The largest absolute Gasteiger partial charge is 0.366 e. The molecular formula is C22H30N4O2S. The molecule has 0 saturated carbocycles. The van der Waals surface area contributed by atoms with E-state index >= 15 is 0 Å². The lowest BCUT2D eigenvalue weighted by Crippen LogP contribution is -2.45. The van der Waals surface area contributed by atoms with Gasteiger partial charge in [0, 0.05) is 44.7 Å². The summed E-state index contributed by atoms with van der Waals surface area (Å²) in [5.74, 6) is 0.731. The van der Waals surface area contributed by atoms with Crippen LogP contribution in [0.2, 0.25) is 0 Å². The Balaban J connectivity index is 1.55. The normalized spacial score (nSPS) is 15.2. The molecular weight excluding hydrogens is 384 g/mol. The molecule has 2 aromatic carbocycles. The molecule has 0 spiro atoms. The van der Waals surface area contributed by atoms with Crippen LogP contribution < -0.4 is 15.5 Å². The number of anilines is 1. The summed E-state index contributed by atoms with van der Waals surface area (Å²) in [5.41, 5.74) is 4.51. The average Bonchev–Trinajstić information content (AvgIpc) is 3.11. The molecule has 0 bridgehead atoms. The Morgan fingerprint density at radius 2 is 1.97 bits per heavy atom. The molecule has 0 saturated heterocycles. The molecule has 1 aliphatic rings. The Morgan fingerprint density at radius 3 is 2.66 bits per heavy atom. The van der Waals surface area contributed by atoms with Crippen LogP contribution in [0.3, 0.4) is 0 Å². The van der Waals surface area contributed by atoms with Gasteiger partial charge in [-0.05, 0) is 49.1 Å². The molecule has 156 valence electrons. The molecule has 1 aliphatic heterocycles. The number of rotatable bonds is 6. The number of aryl methyl sites for hydroxylation is 1. The predicted molar refractivity (Wildman–Crippen MR) is 119 cm³/mol. The second kappa shape index (κ2) is 8.86. The fraction of sp³-hybridized carbons (Fsp3) is 0.409. The molecule has 0 fully saturated rings. The fourth-order valence-corrected chi connectivity index (χ4v) is 4.78. The van der Waals surface area contributed by atoms with Crippen molar-refractivity contribution in [2.24, 2.45) is 4.99 Å². The number of nitrogens with one attached hydrogen (secondary N) is 2. The van der Waals surface area contributed by atoms with Gasteiger partial charge < -0.3 is 15.5 Å². The molecule has 0 aromatic heterocycles. The van der Waals surface area contributed by atoms with Crippen LogP contribution >= 0.6 is 0 Å². The van der Waals surface area contributed by atoms with E-state index in [4.69, 9.17) is 0 Å². The Morgan fingerprint density at radius 1 is 1.21 bits per heavy atom. The van der Waals surface area contributed by atoms with Crippen LogP contribution in [0.4, 0.5) is 5.69 Å². The van der Waals surface area contributed by atoms with Crippen molar-refractivity contribution < 1.29 is 8.42 Å². The van der Waals surface area contributed by atoms with Crippen molar-refractivity contribution in [3.8, 4) is 0 Å². The van der Waals surface area contributed by atoms with Crippen molar-refractivity contribution in [3.05, 3.63) is 59.2 Å². The maximum Gasteiger partial charge on any atom is 0.191 e. The minimum Gasteiger partial charge on any atom is -0.366 e. The highest BCUT2D eigenvalue weighted by Gasteiger charge is 2.22. The van der Waals surface area contributed by atoms with E-state index in [1.54, 1.807) is 13.1 Å². The smallest absolute Gasteiger partial charge is 0.191 e. The SMILES string of the molecule is CN=C(NCc1ccc(S(C)(=O)=O)c(C)c1)NCC(C)N1CCc2ccccc21. The highest BCUT2D eigenvalue weighted by atomic mass is 32.2. The van der Waals surface area contributed by atoms with E-state index in [1.165, 1.54) is 17.5 Å². The molecule has 0 amide bonds. The first-order valence-electron chi connectivity index (χ1n) is 9.88. The second-order valence-electron chi connectivity index (χ2n) is 7.60. The number of fused-ring (bicyclic) bond motifs is 1. The minimum absolute atomic E-state index is 0.341. The summed E-state index contributed by atoms with van der Waals surface area (Å²) in [5, 5.41) is 6.71. The van der Waals surface area contributed by atoms with Gasteiger partial charge >= 0.3 is 0 Å². The second-order valence-corrected chi connectivity index (χ2v) is 9.58. The molecule has 6 nitrogen and oxygen atoms in total.